The number of aromatic nitrogens is 1. The molecule has 0 spiro atoms. The van der Waals surface area contributed by atoms with Crippen LogP contribution in [0.1, 0.15) is 33.3 Å². The lowest BCUT2D eigenvalue weighted by Crippen LogP contribution is -2.34. The number of benzene rings is 1. The van der Waals surface area contributed by atoms with E-state index in [-0.39, 0.29) is 6.54 Å². The number of anilines is 1. The Morgan fingerprint density at radius 2 is 1.30 bits per heavy atom. The number of sulfonamides is 2. The molecular weight excluding hydrogens is 428 g/mol. The second kappa shape index (κ2) is 9.29. The van der Waals surface area contributed by atoms with Gasteiger partial charge in [0.2, 0.25) is 26.0 Å². The summed E-state index contributed by atoms with van der Waals surface area (Å²) in [4.78, 5) is 11.6. The Kier molecular flexibility index (Phi) is 7.45. The summed E-state index contributed by atoms with van der Waals surface area (Å²) in [7, 11) is -8.22. The first kappa shape index (κ1) is 24.1. The second-order valence-corrected chi connectivity index (χ2v) is 11.0. The van der Waals surface area contributed by atoms with Gasteiger partial charge >= 0.3 is 0 Å². The smallest absolute Gasteiger partial charge is 0.244 e. The molecule has 0 saturated heterocycles. The summed E-state index contributed by atoms with van der Waals surface area (Å²) in [5.74, 6) is -0.421. The van der Waals surface area contributed by atoms with E-state index >= 15 is 0 Å². The fourth-order valence-electron chi connectivity index (χ4n) is 2.71. The van der Waals surface area contributed by atoms with Gasteiger partial charge in [-0.2, -0.15) is 0 Å². The Morgan fingerprint density at radius 1 is 0.867 bits per heavy atom. The van der Waals surface area contributed by atoms with E-state index in [1.54, 1.807) is 39.8 Å². The standard InChI is InChI=1S/C19H28N4O5S2/c1-13(2)21-29(25,26)17-10-23(11-18(17)30(27,28)22-14(3)4)12-19(24)20-16-8-6-15(5)7-9-16/h6-11,13-14,21-22H,12H2,1-5H3,(H,20,24). The molecule has 1 aromatic carbocycles. The van der Waals surface area contributed by atoms with Crippen molar-refractivity contribution in [3.05, 3.63) is 42.2 Å². The van der Waals surface area contributed by atoms with E-state index in [9.17, 15) is 21.6 Å². The van der Waals surface area contributed by atoms with Crippen molar-refractivity contribution in [1.82, 2.24) is 14.0 Å². The third kappa shape index (κ3) is 6.39. The van der Waals surface area contributed by atoms with Crippen molar-refractivity contribution >= 4 is 31.6 Å². The number of carbonyl (C=O) groups excluding carboxylic acids is 1. The summed E-state index contributed by atoms with van der Waals surface area (Å²) in [6, 6.07) is 6.31. The van der Waals surface area contributed by atoms with Crippen LogP contribution in [0.25, 0.3) is 0 Å². The lowest BCUT2D eigenvalue weighted by atomic mass is 10.2. The van der Waals surface area contributed by atoms with Crippen LogP contribution < -0.4 is 14.8 Å². The Morgan fingerprint density at radius 3 is 1.70 bits per heavy atom. The average Bonchev–Trinajstić information content (AvgIpc) is 3.00. The highest BCUT2D eigenvalue weighted by atomic mass is 32.2. The molecule has 166 valence electrons. The maximum atomic E-state index is 12.7. The van der Waals surface area contributed by atoms with Crippen molar-refractivity contribution in [2.24, 2.45) is 0 Å². The van der Waals surface area contributed by atoms with Crippen molar-refractivity contribution < 1.29 is 21.6 Å². The van der Waals surface area contributed by atoms with E-state index in [1.165, 1.54) is 4.57 Å². The van der Waals surface area contributed by atoms with Gasteiger partial charge in [-0.05, 0) is 46.8 Å². The molecule has 0 aliphatic heterocycles. The Hall–Kier alpha value is -2.21. The molecule has 0 aliphatic carbocycles. The minimum absolute atomic E-state index is 0.255. The zero-order chi connectivity index (χ0) is 22.7. The largest absolute Gasteiger partial charge is 0.342 e. The molecule has 0 fully saturated rings. The van der Waals surface area contributed by atoms with Crippen molar-refractivity contribution in [2.45, 2.75) is 63.0 Å². The van der Waals surface area contributed by atoms with Gasteiger partial charge in [-0.3, -0.25) is 4.79 Å². The first-order chi connectivity index (χ1) is 13.8. The molecule has 11 heteroatoms. The fraction of sp³-hybridized carbons (Fsp3) is 0.421. The maximum Gasteiger partial charge on any atom is 0.244 e. The predicted molar refractivity (Wildman–Crippen MR) is 115 cm³/mol. The minimum Gasteiger partial charge on any atom is -0.342 e. The lowest BCUT2D eigenvalue weighted by molar-refractivity contribution is -0.116. The first-order valence-electron chi connectivity index (χ1n) is 9.41. The van der Waals surface area contributed by atoms with E-state index in [0.29, 0.717) is 5.69 Å². The number of nitrogens with one attached hydrogen (secondary N) is 3. The van der Waals surface area contributed by atoms with Crippen LogP contribution in [0, 0.1) is 6.92 Å². The molecular formula is C19H28N4O5S2. The van der Waals surface area contributed by atoms with Crippen LogP contribution in [0.4, 0.5) is 5.69 Å². The van der Waals surface area contributed by atoms with Gasteiger partial charge in [-0.15, -0.1) is 0 Å². The Balaban J connectivity index is 2.38. The van der Waals surface area contributed by atoms with E-state index in [0.717, 1.165) is 18.0 Å². The quantitative estimate of drug-likeness (QED) is 0.530. The third-order valence-electron chi connectivity index (χ3n) is 3.83. The van der Waals surface area contributed by atoms with Crippen LogP contribution in [0.2, 0.25) is 0 Å². The summed E-state index contributed by atoms with van der Waals surface area (Å²) < 4.78 is 56.8. The summed E-state index contributed by atoms with van der Waals surface area (Å²) in [5.41, 5.74) is 1.62. The highest BCUT2D eigenvalue weighted by molar-refractivity contribution is 7.92. The van der Waals surface area contributed by atoms with Gasteiger partial charge < -0.3 is 9.88 Å². The molecule has 0 saturated carbocycles. The molecule has 9 nitrogen and oxygen atoms in total. The molecule has 0 bridgehead atoms. The van der Waals surface area contributed by atoms with E-state index in [4.69, 9.17) is 0 Å². The number of hydrogen-bond acceptors (Lipinski definition) is 5. The average molecular weight is 457 g/mol. The molecule has 1 amide bonds. The zero-order valence-electron chi connectivity index (χ0n) is 17.6. The van der Waals surface area contributed by atoms with E-state index in [2.05, 4.69) is 14.8 Å². The van der Waals surface area contributed by atoms with Gasteiger partial charge in [0, 0.05) is 30.2 Å². The number of aryl methyl sites for hydroxylation is 1. The van der Waals surface area contributed by atoms with Crippen LogP contribution in [0.3, 0.4) is 0 Å². The molecule has 0 atom stereocenters. The highest BCUT2D eigenvalue weighted by Gasteiger charge is 2.30. The number of carbonyl (C=O) groups is 1. The van der Waals surface area contributed by atoms with E-state index < -0.39 is 47.8 Å². The Labute approximate surface area is 178 Å². The van der Waals surface area contributed by atoms with Crippen LogP contribution in [0.5, 0.6) is 0 Å². The summed E-state index contributed by atoms with van der Waals surface area (Å²) in [6.07, 6.45) is 2.29. The van der Waals surface area contributed by atoms with Gasteiger partial charge in [0.05, 0.1) is 0 Å². The molecule has 3 N–H and O–H groups in total. The molecule has 1 heterocycles. The van der Waals surface area contributed by atoms with Crippen LogP contribution in [-0.4, -0.2) is 39.4 Å². The van der Waals surface area contributed by atoms with E-state index in [1.807, 2.05) is 19.1 Å². The van der Waals surface area contributed by atoms with Gasteiger partial charge in [0.25, 0.3) is 0 Å². The molecule has 0 aliphatic rings. The predicted octanol–water partition coefficient (Wildman–Crippen LogP) is 1.81. The lowest BCUT2D eigenvalue weighted by Gasteiger charge is -2.12. The zero-order valence-corrected chi connectivity index (χ0v) is 19.3. The van der Waals surface area contributed by atoms with Crippen molar-refractivity contribution in [1.29, 1.82) is 0 Å². The van der Waals surface area contributed by atoms with Gasteiger partial charge in [-0.25, -0.2) is 26.3 Å². The third-order valence-corrected chi connectivity index (χ3v) is 7.33. The minimum atomic E-state index is -4.11. The van der Waals surface area contributed by atoms with Crippen molar-refractivity contribution in [3.8, 4) is 0 Å². The van der Waals surface area contributed by atoms with Gasteiger partial charge in [0.1, 0.15) is 16.3 Å². The number of hydrogen-bond donors (Lipinski definition) is 3. The summed E-state index contributed by atoms with van der Waals surface area (Å²) in [5, 5.41) is 2.70. The molecule has 1 aromatic heterocycles. The molecule has 0 unspecified atom stereocenters. The number of rotatable bonds is 9. The monoisotopic (exact) mass is 456 g/mol. The number of nitrogens with zero attached hydrogens (tertiary/aromatic N) is 1. The fourth-order valence-corrected chi connectivity index (χ4v) is 6.05. The van der Waals surface area contributed by atoms with Crippen LogP contribution >= 0.6 is 0 Å². The first-order valence-corrected chi connectivity index (χ1v) is 12.4. The normalized spacial score (nSPS) is 12.5. The highest BCUT2D eigenvalue weighted by Crippen LogP contribution is 2.23. The molecule has 30 heavy (non-hydrogen) atoms. The van der Waals surface area contributed by atoms with Crippen molar-refractivity contribution in [3.63, 3.8) is 0 Å². The SMILES string of the molecule is Cc1ccc(NC(=O)Cn2cc(S(=O)(=O)NC(C)C)c(S(=O)(=O)NC(C)C)c2)cc1. The topological polar surface area (TPSA) is 126 Å². The molecule has 2 aromatic rings. The Bertz CT molecular complexity index is 1040. The van der Waals surface area contributed by atoms with Gasteiger partial charge in [0.15, 0.2) is 0 Å². The summed E-state index contributed by atoms with van der Waals surface area (Å²) >= 11 is 0. The maximum absolute atomic E-state index is 12.7. The molecule has 0 radical (unpaired) electrons. The van der Waals surface area contributed by atoms with Gasteiger partial charge in [-0.1, -0.05) is 17.7 Å². The van der Waals surface area contributed by atoms with Crippen LogP contribution in [0.15, 0.2) is 46.5 Å². The summed E-state index contributed by atoms with van der Waals surface area (Å²) in [6.45, 7) is 8.18. The van der Waals surface area contributed by atoms with Crippen LogP contribution in [-0.2, 0) is 31.4 Å². The second-order valence-electron chi connectivity index (χ2n) is 7.63. The van der Waals surface area contributed by atoms with Crippen molar-refractivity contribution in [2.75, 3.05) is 5.32 Å². The number of amides is 1. The molecule has 2 rings (SSSR count).